The summed E-state index contributed by atoms with van der Waals surface area (Å²) < 4.78 is 38.1. The van der Waals surface area contributed by atoms with Crippen LogP contribution in [0.15, 0.2) is 48.7 Å². The van der Waals surface area contributed by atoms with Gasteiger partial charge in [-0.1, -0.05) is 23.8 Å². The normalized spacial score (nSPS) is 13.4. The van der Waals surface area contributed by atoms with Crippen molar-refractivity contribution in [3.8, 4) is 0 Å². The molecule has 0 saturated carbocycles. The fourth-order valence-electron chi connectivity index (χ4n) is 2.89. The van der Waals surface area contributed by atoms with Crippen molar-refractivity contribution in [1.29, 1.82) is 0 Å². The number of halogens is 3. The fourth-order valence-corrected chi connectivity index (χ4v) is 2.89. The summed E-state index contributed by atoms with van der Waals surface area (Å²) in [4.78, 5) is 3.20. The molecule has 0 fully saturated rings. The highest BCUT2D eigenvalue weighted by molar-refractivity contribution is 5.85. The summed E-state index contributed by atoms with van der Waals surface area (Å²) in [7, 11) is 0. The van der Waals surface area contributed by atoms with Gasteiger partial charge in [-0.05, 0) is 42.3 Å². The number of hydrogen-bond donors (Lipinski definition) is 2. The van der Waals surface area contributed by atoms with Crippen molar-refractivity contribution in [2.45, 2.75) is 19.0 Å². The van der Waals surface area contributed by atoms with Gasteiger partial charge in [-0.2, -0.15) is 13.2 Å². The van der Waals surface area contributed by atoms with Crippen molar-refractivity contribution in [2.75, 3.05) is 6.54 Å². The number of fused-ring (bicyclic) bond motifs is 1. The molecular formula is C18H17F3N2. The van der Waals surface area contributed by atoms with Crippen LogP contribution in [0.4, 0.5) is 13.2 Å². The molecule has 0 aliphatic carbocycles. The van der Waals surface area contributed by atoms with Gasteiger partial charge in [0.2, 0.25) is 0 Å². The number of rotatable bonds is 3. The van der Waals surface area contributed by atoms with E-state index < -0.39 is 11.7 Å². The quantitative estimate of drug-likeness (QED) is 0.729. The average Bonchev–Trinajstić information content (AvgIpc) is 2.91. The van der Waals surface area contributed by atoms with Crippen LogP contribution < -0.4 is 5.73 Å². The lowest BCUT2D eigenvalue weighted by molar-refractivity contribution is -0.137. The first-order valence-corrected chi connectivity index (χ1v) is 7.35. The van der Waals surface area contributed by atoms with E-state index in [2.05, 4.69) is 11.1 Å². The van der Waals surface area contributed by atoms with E-state index in [1.807, 2.05) is 25.3 Å². The lowest BCUT2D eigenvalue weighted by Crippen LogP contribution is -2.14. The van der Waals surface area contributed by atoms with Gasteiger partial charge in [-0.3, -0.25) is 0 Å². The lowest BCUT2D eigenvalue weighted by Gasteiger charge is -2.16. The molecule has 3 rings (SSSR count). The van der Waals surface area contributed by atoms with Gasteiger partial charge in [0.1, 0.15) is 0 Å². The predicted molar refractivity (Wildman–Crippen MR) is 85.4 cm³/mol. The minimum Gasteiger partial charge on any atom is -0.361 e. The zero-order chi connectivity index (χ0) is 16.6. The minimum atomic E-state index is -4.32. The second-order valence-electron chi connectivity index (χ2n) is 5.70. The van der Waals surface area contributed by atoms with Crippen molar-refractivity contribution in [3.05, 3.63) is 70.9 Å². The maximum atomic E-state index is 12.7. The second-order valence-corrected chi connectivity index (χ2v) is 5.70. The van der Waals surface area contributed by atoms with E-state index in [1.54, 1.807) is 0 Å². The van der Waals surface area contributed by atoms with E-state index in [9.17, 15) is 13.2 Å². The number of alkyl halides is 3. The molecule has 0 radical (unpaired) electrons. The molecule has 3 aromatic rings. The number of nitrogens with one attached hydrogen (secondary N) is 1. The standard InChI is InChI=1S/C18H17F3N2/c1-11-2-7-17-14(8-11)16(10-23-17)15(9-22)12-3-5-13(6-4-12)18(19,20)21/h2-8,10,15,23H,9,22H2,1H3/t15-/m0/s1. The minimum absolute atomic E-state index is 0.146. The smallest absolute Gasteiger partial charge is 0.361 e. The van der Waals surface area contributed by atoms with E-state index in [4.69, 9.17) is 5.73 Å². The van der Waals surface area contributed by atoms with Gasteiger partial charge >= 0.3 is 6.18 Å². The highest BCUT2D eigenvalue weighted by Gasteiger charge is 2.30. The first-order valence-electron chi connectivity index (χ1n) is 7.35. The number of hydrogen-bond acceptors (Lipinski definition) is 1. The lowest BCUT2D eigenvalue weighted by atomic mass is 9.90. The van der Waals surface area contributed by atoms with Crippen molar-refractivity contribution in [2.24, 2.45) is 5.73 Å². The number of aryl methyl sites for hydroxylation is 1. The van der Waals surface area contributed by atoms with Crippen LogP contribution in [0, 0.1) is 6.92 Å². The van der Waals surface area contributed by atoms with Gasteiger partial charge in [-0.25, -0.2) is 0 Å². The topological polar surface area (TPSA) is 41.8 Å². The Hall–Kier alpha value is -2.27. The molecule has 0 aliphatic heterocycles. The van der Waals surface area contributed by atoms with E-state index in [1.165, 1.54) is 12.1 Å². The molecule has 0 aliphatic rings. The van der Waals surface area contributed by atoms with Gasteiger partial charge in [0.15, 0.2) is 0 Å². The molecule has 0 unspecified atom stereocenters. The van der Waals surface area contributed by atoms with Crippen molar-refractivity contribution in [1.82, 2.24) is 4.98 Å². The molecule has 23 heavy (non-hydrogen) atoms. The molecular weight excluding hydrogens is 301 g/mol. The van der Waals surface area contributed by atoms with Gasteiger partial charge in [-0.15, -0.1) is 0 Å². The van der Waals surface area contributed by atoms with Gasteiger partial charge in [0.05, 0.1) is 5.56 Å². The summed E-state index contributed by atoms with van der Waals surface area (Å²) in [5.41, 5.74) is 9.18. The van der Waals surface area contributed by atoms with Gasteiger partial charge < -0.3 is 10.7 Å². The van der Waals surface area contributed by atoms with Crippen LogP contribution in [0.2, 0.25) is 0 Å². The van der Waals surface area contributed by atoms with Crippen LogP contribution >= 0.6 is 0 Å². The molecule has 0 saturated heterocycles. The Kier molecular flexibility index (Phi) is 3.90. The summed E-state index contributed by atoms with van der Waals surface area (Å²) >= 11 is 0. The van der Waals surface area contributed by atoms with Crippen molar-refractivity contribution >= 4 is 10.9 Å². The summed E-state index contributed by atoms with van der Waals surface area (Å²) in [5, 5.41) is 1.06. The Morgan fingerprint density at radius 1 is 1.09 bits per heavy atom. The third kappa shape index (κ3) is 2.97. The van der Waals surface area contributed by atoms with E-state index in [-0.39, 0.29) is 5.92 Å². The second kappa shape index (κ2) is 5.74. The number of H-pyrrole nitrogens is 1. The van der Waals surface area contributed by atoms with Crippen LogP contribution in [0.25, 0.3) is 10.9 Å². The third-order valence-corrected chi connectivity index (χ3v) is 4.12. The predicted octanol–water partition coefficient (Wildman–Crippen LogP) is 4.59. The van der Waals surface area contributed by atoms with Crippen LogP contribution in [0.5, 0.6) is 0 Å². The monoisotopic (exact) mass is 318 g/mol. The zero-order valence-corrected chi connectivity index (χ0v) is 12.6. The molecule has 0 bridgehead atoms. The molecule has 2 nitrogen and oxygen atoms in total. The number of aromatic amines is 1. The first-order chi connectivity index (χ1) is 10.9. The average molecular weight is 318 g/mol. The molecule has 1 aromatic heterocycles. The van der Waals surface area contributed by atoms with Crippen molar-refractivity contribution in [3.63, 3.8) is 0 Å². The third-order valence-electron chi connectivity index (χ3n) is 4.12. The molecule has 1 heterocycles. The van der Waals surface area contributed by atoms with Crippen LogP contribution in [0.3, 0.4) is 0 Å². The molecule has 0 spiro atoms. The summed E-state index contributed by atoms with van der Waals surface area (Å²) in [5.74, 6) is -0.146. The number of aromatic nitrogens is 1. The van der Waals surface area contributed by atoms with Gasteiger partial charge in [0.25, 0.3) is 0 Å². The van der Waals surface area contributed by atoms with E-state index in [0.29, 0.717) is 6.54 Å². The Morgan fingerprint density at radius 2 is 1.78 bits per heavy atom. The molecule has 1 atom stereocenters. The fraction of sp³-hybridized carbons (Fsp3) is 0.222. The highest BCUT2D eigenvalue weighted by atomic mass is 19.4. The summed E-state index contributed by atoms with van der Waals surface area (Å²) in [6.07, 6.45) is -2.44. The Morgan fingerprint density at radius 3 is 2.39 bits per heavy atom. The zero-order valence-electron chi connectivity index (χ0n) is 12.6. The van der Waals surface area contributed by atoms with Crippen LogP contribution in [-0.2, 0) is 6.18 Å². The molecule has 0 amide bonds. The van der Waals surface area contributed by atoms with Crippen LogP contribution in [0.1, 0.15) is 28.2 Å². The summed E-state index contributed by atoms with van der Waals surface area (Å²) in [6.45, 7) is 2.33. The first kappa shape index (κ1) is 15.6. The van der Waals surface area contributed by atoms with E-state index in [0.717, 1.165) is 39.7 Å². The van der Waals surface area contributed by atoms with Crippen molar-refractivity contribution < 1.29 is 13.2 Å². The maximum Gasteiger partial charge on any atom is 0.416 e. The molecule has 3 N–H and O–H groups in total. The largest absolute Gasteiger partial charge is 0.416 e. The number of benzene rings is 2. The molecule has 5 heteroatoms. The Bertz CT molecular complexity index is 816. The molecule has 120 valence electrons. The van der Waals surface area contributed by atoms with Gasteiger partial charge in [0, 0.05) is 29.6 Å². The van der Waals surface area contributed by atoms with E-state index >= 15 is 0 Å². The Balaban J connectivity index is 2.03. The number of nitrogens with two attached hydrogens (primary N) is 1. The van der Waals surface area contributed by atoms with Crippen LogP contribution in [-0.4, -0.2) is 11.5 Å². The Labute approximate surface area is 132 Å². The molecule has 2 aromatic carbocycles. The SMILES string of the molecule is Cc1ccc2[nH]cc([C@@H](CN)c3ccc(C(F)(F)F)cc3)c2c1. The highest BCUT2D eigenvalue weighted by Crippen LogP contribution is 2.33. The maximum absolute atomic E-state index is 12.7. The summed E-state index contributed by atoms with van der Waals surface area (Å²) in [6, 6.07) is 11.3.